The van der Waals surface area contributed by atoms with E-state index in [0.717, 1.165) is 49.7 Å². The number of aliphatic hydroxyl groups is 1. The van der Waals surface area contributed by atoms with Crippen molar-refractivity contribution in [1.29, 1.82) is 0 Å². The zero-order valence-electron chi connectivity index (χ0n) is 22.9. The Morgan fingerprint density at radius 1 is 1.07 bits per heavy atom. The van der Waals surface area contributed by atoms with E-state index in [1.165, 1.54) is 12.4 Å². The average Bonchev–Trinajstić information content (AvgIpc) is 3.22. The van der Waals surface area contributed by atoms with E-state index in [4.69, 9.17) is 0 Å². The molecule has 2 saturated heterocycles. The maximum Gasteiger partial charge on any atom is 0.419 e. The van der Waals surface area contributed by atoms with E-state index in [1.807, 2.05) is 14.0 Å². The minimum absolute atomic E-state index is 0.120. The summed E-state index contributed by atoms with van der Waals surface area (Å²) in [6.07, 6.45) is -2.96. The number of halogens is 4. The number of nitrogens with zero attached hydrogens (tertiary/aromatic N) is 6. The van der Waals surface area contributed by atoms with Crippen LogP contribution in [0.25, 0.3) is 0 Å². The van der Waals surface area contributed by atoms with E-state index in [2.05, 4.69) is 24.7 Å². The molecule has 0 unspecified atom stereocenters. The van der Waals surface area contributed by atoms with Crippen LogP contribution in [-0.4, -0.2) is 102 Å². The van der Waals surface area contributed by atoms with Gasteiger partial charge in [0.15, 0.2) is 0 Å². The molecule has 1 aromatic heterocycles. The molecule has 12 heteroatoms. The highest BCUT2D eigenvalue weighted by atomic mass is 19.4. The molecule has 5 rings (SSSR count). The van der Waals surface area contributed by atoms with Crippen molar-refractivity contribution in [3.05, 3.63) is 52.7 Å². The van der Waals surface area contributed by atoms with Crippen LogP contribution in [0.1, 0.15) is 60.1 Å². The molecule has 0 bridgehead atoms. The minimum Gasteiger partial charge on any atom is -0.387 e. The Labute approximate surface area is 231 Å². The number of aliphatic hydroxyl groups excluding tert-OH is 1. The summed E-state index contributed by atoms with van der Waals surface area (Å²) in [6, 6.07) is 2.86. The summed E-state index contributed by atoms with van der Waals surface area (Å²) in [4.78, 5) is 30.9. The highest BCUT2D eigenvalue weighted by Crippen LogP contribution is 2.43. The molecule has 3 heterocycles. The zero-order chi connectivity index (χ0) is 28.6. The lowest BCUT2D eigenvalue weighted by Crippen LogP contribution is -2.51. The Morgan fingerprint density at radius 3 is 2.42 bits per heavy atom. The fraction of sp³-hybridized carbons (Fsp3) is 0.607. The number of carbonyl (C=O) groups is 1. The van der Waals surface area contributed by atoms with Crippen LogP contribution in [0.5, 0.6) is 0 Å². The molecule has 0 radical (unpaired) electrons. The molecule has 40 heavy (non-hydrogen) atoms. The Balaban J connectivity index is 1.32. The van der Waals surface area contributed by atoms with Gasteiger partial charge in [-0.15, -0.1) is 0 Å². The minimum atomic E-state index is -4.80. The van der Waals surface area contributed by atoms with Crippen molar-refractivity contribution in [3.8, 4) is 0 Å². The summed E-state index contributed by atoms with van der Waals surface area (Å²) >= 11 is 0. The van der Waals surface area contributed by atoms with Crippen LogP contribution in [0.2, 0.25) is 0 Å². The van der Waals surface area contributed by atoms with Crippen LogP contribution in [0.3, 0.4) is 0 Å². The van der Waals surface area contributed by atoms with Gasteiger partial charge in [0.2, 0.25) is 5.91 Å². The summed E-state index contributed by atoms with van der Waals surface area (Å²) in [5.74, 6) is -1.42. The van der Waals surface area contributed by atoms with Gasteiger partial charge in [0, 0.05) is 57.9 Å². The number of carbonyl (C=O) groups excluding carboxylic acids is 1. The number of benzene rings is 1. The van der Waals surface area contributed by atoms with Gasteiger partial charge in [0.1, 0.15) is 18.0 Å². The number of anilines is 1. The first-order valence-electron chi connectivity index (χ1n) is 13.9. The van der Waals surface area contributed by atoms with Gasteiger partial charge in [-0.05, 0) is 50.0 Å². The number of aromatic nitrogens is 2. The first-order valence-corrected chi connectivity index (χ1v) is 13.9. The molecule has 1 aliphatic carbocycles. The predicted molar refractivity (Wildman–Crippen MR) is 142 cm³/mol. The van der Waals surface area contributed by atoms with Crippen molar-refractivity contribution in [2.75, 3.05) is 70.9 Å². The molecule has 1 N–H and O–H groups in total. The summed E-state index contributed by atoms with van der Waals surface area (Å²) in [6.45, 7) is 7.97. The van der Waals surface area contributed by atoms with Crippen LogP contribution < -0.4 is 4.90 Å². The Hall–Kier alpha value is -2.83. The van der Waals surface area contributed by atoms with Crippen LogP contribution in [0, 0.1) is 5.82 Å². The van der Waals surface area contributed by atoms with Crippen molar-refractivity contribution in [2.24, 2.45) is 0 Å². The monoisotopic (exact) mass is 564 g/mol. The number of alkyl halides is 3. The maximum atomic E-state index is 14.6. The molecule has 0 saturated carbocycles. The first-order chi connectivity index (χ1) is 19.0. The molecule has 2 aromatic rings. The van der Waals surface area contributed by atoms with Crippen molar-refractivity contribution in [1.82, 2.24) is 24.7 Å². The van der Waals surface area contributed by atoms with Crippen molar-refractivity contribution in [2.45, 2.75) is 43.9 Å². The van der Waals surface area contributed by atoms with Crippen molar-refractivity contribution < 1.29 is 27.5 Å². The second-order valence-corrected chi connectivity index (χ2v) is 11.2. The normalized spacial score (nSPS) is 23.4. The second-order valence-electron chi connectivity index (χ2n) is 11.2. The van der Waals surface area contributed by atoms with E-state index >= 15 is 0 Å². The first kappa shape index (κ1) is 28.7. The van der Waals surface area contributed by atoms with Crippen LogP contribution >= 0.6 is 0 Å². The zero-order valence-corrected chi connectivity index (χ0v) is 22.9. The van der Waals surface area contributed by atoms with E-state index in [9.17, 15) is 27.5 Å². The number of hydrogen-bond donors (Lipinski definition) is 1. The lowest BCUT2D eigenvalue weighted by Gasteiger charge is -2.38. The van der Waals surface area contributed by atoms with Crippen LogP contribution in [0.4, 0.5) is 23.4 Å². The molecule has 3 aliphatic rings. The standard InChI is InChI=1S/C28H36F4N6O2/c1-18-15-23(39)25-24(18)26(34-17-33-25)37-11-13-38(14-12-37)27(40)20(5-6-36-9-7-35(2)8-10-36)19-3-4-21(22(29)16-19)28(30,31)32/h3-4,16-18,20,23,39H,5-15H2,1-2H3/t18-,20-,23-/m1/s1. The second kappa shape index (κ2) is 11.6. The maximum absolute atomic E-state index is 14.6. The number of hydrogen-bond acceptors (Lipinski definition) is 7. The van der Waals surface area contributed by atoms with Gasteiger partial charge in [-0.2, -0.15) is 13.2 Å². The summed E-state index contributed by atoms with van der Waals surface area (Å²) in [5, 5.41) is 10.3. The van der Waals surface area contributed by atoms with Gasteiger partial charge in [-0.3, -0.25) is 4.79 Å². The van der Waals surface area contributed by atoms with E-state index in [-0.39, 0.29) is 17.4 Å². The summed E-state index contributed by atoms with van der Waals surface area (Å²) < 4.78 is 54.2. The summed E-state index contributed by atoms with van der Waals surface area (Å²) in [7, 11) is 2.05. The molecular formula is C28H36F4N6O2. The smallest absolute Gasteiger partial charge is 0.387 e. The highest BCUT2D eigenvalue weighted by Gasteiger charge is 2.37. The Bertz CT molecular complexity index is 1210. The van der Waals surface area contributed by atoms with Gasteiger partial charge < -0.3 is 24.7 Å². The predicted octanol–water partition coefficient (Wildman–Crippen LogP) is 3.25. The van der Waals surface area contributed by atoms with Crippen LogP contribution in [-0.2, 0) is 11.0 Å². The van der Waals surface area contributed by atoms with E-state index in [1.54, 1.807) is 4.90 Å². The van der Waals surface area contributed by atoms with Crippen LogP contribution in [0.15, 0.2) is 24.5 Å². The van der Waals surface area contributed by atoms with Gasteiger partial charge >= 0.3 is 6.18 Å². The molecule has 1 aromatic carbocycles. The third-order valence-electron chi connectivity index (χ3n) is 8.50. The number of piperazine rings is 2. The lowest BCUT2D eigenvalue weighted by atomic mass is 9.92. The highest BCUT2D eigenvalue weighted by molar-refractivity contribution is 5.84. The van der Waals surface area contributed by atoms with Gasteiger partial charge in [0.05, 0.1) is 23.3 Å². The Morgan fingerprint density at radius 2 is 1.77 bits per heavy atom. The number of amides is 1. The van der Waals surface area contributed by atoms with Crippen molar-refractivity contribution in [3.63, 3.8) is 0 Å². The molecule has 2 aliphatic heterocycles. The molecule has 218 valence electrons. The molecule has 0 spiro atoms. The van der Waals surface area contributed by atoms with E-state index < -0.39 is 29.6 Å². The number of fused-ring (bicyclic) bond motifs is 1. The molecule has 1 amide bonds. The molecule has 8 nitrogen and oxygen atoms in total. The third kappa shape index (κ3) is 5.94. The SMILES string of the molecule is C[C@@H]1C[C@@H](O)c2ncnc(N3CCN(C(=O)[C@H](CCN4CCN(C)CC4)c4ccc(C(F)(F)F)c(F)c4)CC3)c21. The lowest BCUT2D eigenvalue weighted by molar-refractivity contribution is -0.140. The topological polar surface area (TPSA) is 76.0 Å². The summed E-state index contributed by atoms with van der Waals surface area (Å²) in [5.41, 5.74) is 0.541. The fourth-order valence-electron chi connectivity index (χ4n) is 6.11. The van der Waals surface area contributed by atoms with Gasteiger partial charge in [-0.1, -0.05) is 13.0 Å². The fourth-order valence-corrected chi connectivity index (χ4v) is 6.11. The molecular weight excluding hydrogens is 528 g/mol. The van der Waals surface area contributed by atoms with Gasteiger partial charge in [-0.25, -0.2) is 14.4 Å². The number of likely N-dealkylation sites (N-methyl/N-ethyl adjacent to an activating group) is 1. The Kier molecular flexibility index (Phi) is 8.30. The average molecular weight is 565 g/mol. The third-order valence-corrected chi connectivity index (χ3v) is 8.50. The molecule has 3 atom stereocenters. The van der Waals surface area contributed by atoms with Crippen molar-refractivity contribution >= 4 is 11.7 Å². The largest absolute Gasteiger partial charge is 0.419 e. The van der Waals surface area contributed by atoms with Gasteiger partial charge in [0.25, 0.3) is 0 Å². The van der Waals surface area contributed by atoms with E-state index in [0.29, 0.717) is 51.3 Å². The number of rotatable bonds is 6. The molecule has 2 fully saturated rings. The quantitative estimate of drug-likeness (QED) is 0.540.